The smallest absolute Gasteiger partial charge is 0.412 e. The standard InChI is InChI=1S/C13H20N2O2S/c1-8-9(7-14)5-10(18)6-11(8)15-12(16)17-13(2,3)4/h5-6,18H,7,14H2,1-4H3,(H,15,16). The maximum Gasteiger partial charge on any atom is 0.412 e. The van der Waals surface area contributed by atoms with Gasteiger partial charge in [-0.2, -0.15) is 0 Å². The summed E-state index contributed by atoms with van der Waals surface area (Å²) in [5.74, 6) is 0. The topological polar surface area (TPSA) is 64.3 Å². The van der Waals surface area contributed by atoms with Crippen LogP contribution in [0.4, 0.5) is 10.5 Å². The normalized spacial score (nSPS) is 11.2. The van der Waals surface area contributed by atoms with Crippen LogP contribution in [-0.2, 0) is 11.3 Å². The van der Waals surface area contributed by atoms with Gasteiger partial charge in [0.2, 0.25) is 0 Å². The highest BCUT2D eigenvalue weighted by molar-refractivity contribution is 7.80. The highest BCUT2D eigenvalue weighted by atomic mass is 32.1. The molecule has 0 bridgehead atoms. The molecule has 0 spiro atoms. The predicted octanol–water partition coefficient (Wildman–Crippen LogP) is 3.09. The molecule has 3 N–H and O–H groups in total. The molecule has 1 aromatic carbocycles. The lowest BCUT2D eigenvalue weighted by Gasteiger charge is -2.20. The van der Waals surface area contributed by atoms with Crippen molar-refractivity contribution < 1.29 is 9.53 Å². The third-order valence-electron chi connectivity index (χ3n) is 2.36. The van der Waals surface area contributed by atoms with Crippen molar-refractivity contribution in [2.45, 2.75) is 44.7 Å². The van der Waals surface area contributed by atoms with Crippen LogP contribution in [0.15, 0.2) is 17.0 Å². The second kappa shape index (κ2) is 5.63. The van der Waals surface area contributed by atoms with Gasteiger partial charge in [-0.3, -0.25) is 5.32 Å². The number of hydrogen-bond acceptors (Lipinski definition) is 4. The Morgan fingerprint density at radius 3 is 2.56 bits per heavy atom. The molecule has 0 aliphatic carbocycles. The lowest BCUT2D eigenvalue weighted by molar-refractivity contribution is 0.0636. The molecular formula is C13H20N2O2S. The summed E-state index contributed by atoms with van der Waals surface area (Å²) in [6.07, 6.45) is -0.479. The summed E-state index contributed by atoms with van der Waals surface area (Å²) in [4.78, 5) is 12.5. The summed E-state index contributed by atoms with van der Waals surface area (Å²) in [7, 11) is 0. The zero-order valence-corrected chi connectivity index (χ0v) is 12.1. The molecule has 0 unspecified atom stereocenters. The van der Waals surface area contributed by atoms with E-state index in [9.17, 15) is 4.79 Å². The minimum atomic E-state index is -0.521. The fraction of sp³-hybridized carbons (Fsp3) is 0.462. The lowest BCUT2D eigenvalue weighted by atomic mass is 10.1. The van der Waals surface area contributed by atoms with E-state index < -0.39 is 11.7 Å². The van der Waals surface area contributed by atoms with Crippen LogP contribution in [0, 0.1) is 6.92 Å². The minimum Gasteiger partial charge on any atom is -0.444 e. The molecule has 0 fully saturated rings. The minimum absolute atomic E-state index is 0.406. The number of nitrogens with two attached hydrogens (primary N) is 1. The van der Waals surface area contributed by atoms with Gasteiger partial charge in [0.05, 0.1) is 0 Å². The number of hydrogen-bond donors (Lipinski definition) is 3. The first-order valence-corrected chi connectivity index (χ1v) is 6.20. The molecule has 0 saturated carbocycles. The van der Waals surface area contributed by atoms with Crippen molar-refractivity contribution >= 4 is 24.4 Å². The first-order chi connectivity index (χ1) is 8.23. The number of rotatable bonds is 2. The largest absolute Gasteiger partial charge is 0.444 e. The van der Waals surface area contributed by atoms with Crippen molar-refractivity contribution in [2.75, 3.05) is 5.32 Å². The average Bonchev–Trinajstić information content (AvgIpc) is 2.20. The molecular weight excluding hydrogens is 248 g/mol. The third-order valence-corrected chi connectivity index (χ3v) is 2.61. The fourth-order valence-electron chi connectivity index (χ4n) is 1.51. The first kappa shape index (κ1) is 14.9. The van der Waals surface area contributed by atoms with Gasteiger partial charge in [-0.05, 0) is 51.0 Å². The van der Waals surface area contributed by atoms with E-state index in [0.29, 0.717) is 12.2 Å². The predicted molar refractivity (Wildman–Crippen MR) is 76.2 cm³/mol. The van der Waals surface area contributed by atoms with Crippen molar-refractivity contribution in [3.8, 4) is 0 Å². The summed E-state index contributed by atoms with van der Waals surface area (Å²) < 4.78 is 5.20. The van der Waals surface area contributed by atoms with E-state index in [0.717, 1.165) is 16.0 Å². The van der Waals surface area contributed by atoms with Gasteiger partial charge in [0.25, 0.3) is 0 Å². The van der Waals surface area contributed by atoms with Gasteiger partial charge in [0.1, 0.15) is 5.60 Å². The summed E-state index contributed by atoms with van der Waals surface area (Å²) in [5, 5.41) is 2.72. The van der Waals surface area contributed by atoms with Crippen molar-refractivity contribution in [3.63, 3.8) is 0 Å². The van der Waals surface area contributed by atoms with Crippen molar-refractivity contribution in [2.24, 2.45) is 5.73 Å². The Labute approximate surface area is 113 Å². The molecule has 4 nitrogen and oxygen atoms in total. The Balaban J connectivity index is 2.91. The molecule has 0 aliphatic heterocycles. The summed E-state index contributed by atoms with van der Waals surface area (Å²) in [5.41, 5.74) is 7.68. The molecule has 0 radical (unpaired) electrons. The van der Waals surface area contributed by atoms with E-state index in [-0.39, 0.29) is 0 Å². The number of carbonyl (C=O) groups is 1. The highest BCUT2D eigenvalue weighted by Crippen LogP contribution is 2.24. The van der Waals surface area contributed by atoms with Gasteiger partial charge in [-0.25, -0.2) is 4.79 Å². The maximum absolute atomic E-state index is 11.7. The lowest BCUT2D eigenvalue weighted by Crippen LogP contribution is -2.27. The second-order valence-electron chi connectivity index (χ2n) is 5.11. The van der Waals surface area contributed by atoms with Gasteiger partial charge in [-0.15, -0.1) is 12.6 Å². The monoisotopic (exact) mass is 268 g/mol. The number of ether oxygens (including phenoxy) is 1. The number of carbonyl (C=O) groups excluding carboxylic acids is 1. The van der Waals surface area contributed by atoms with Crippen molar-refractivity contribution in [1.82, 2.24) is 0 Å². The van der Waals surface area contributed by atoms with Crippen LogP contribution in [0.3, 0.4) is 0 Å². The Hall–Kier alpha value is -1.20. The maximum atomic E-state index is 11.7. The molecule has 0 saturated heterocycles. The summed E-state index contributed by atoms with van der Waals surface area (Å²) >= 11 is 4.29. The van der Waals surface area contributed by atoms with Gasteiger partial charge < -0.3 is 10.5 Å². The number of benzene rings is 1. The average molecular weight is 268 g/mol. The van der Waals surface area contributed by atoms with Gasteiger partial charge in [-0.1, -0.05) is 0 Å². The zero-order valence-electron chi connectivity index (χ0n) is 11.2. The summed E-state index contributed by atoms with van der Waals surface area (Å²) in [6.45, 7) is 7.77. The van der Waals surface area contributed by atoms with Crippen LogP contribution in [0.1, 0.15) is 31.9 Å². The number of anilines is 1. The van der Waals surface area contributed by atoms with Crippen LogP contribution in [-0.4, -0.2) is 11.7 Å². The van der Waals surface area contributed by atoms with Crippen LogP contribution >= 0.6 is 12.6 Å². The van der Waals surface area contributed by atoms with E-state index in [1.807, 2.05) is 33.8 Å². The van der Waals surface area contributed by atoms with E-state index in [1.165, 1.54) is 0 Å². The molecule has 0 aromatic heterocycles. The van der Waals surface area contributed by atoms with Gasteiger partial charge in [0, 0.05) is 17.1 Å². The molecule has 18 heavy (non-hydrogen) atoms. The quantitative estimate of drug-likeness (QED) is 0.722. The van der Waals surface area contributed by atoms with Gasteiger partial charge in [0.15, 0.2) is 0 Å². The molecule has 100 valence electrons. The summed E-state index contributed by atoms with van der Waals surface area (Å²) in [6, 6.07) is 3.67. The van der Waals surface area contributed by atoms with Gasteiger partial charge >= 0.3 is 6.09 Å². The van der Waals surface area contributed by atoms with E-state index >= 15 is 0 Å². The van der Waals surface area contributed by atoms with E-state index in [1.54, 1.807) is 6.07 Å². The highest BCUT2D eigenvalue weighted by Gasteiger charge is 2.17. The van der Waals surface area contributed by atoms with Crippen LogP contribution in [0.25, 0.3) is 0 Å². The van der Waals surface area contributed by atoms with Crippen LogP contribution < -0.4 is 11.1 Å². The van der Waals surface area contributed by atoms with Crippen molar-refractivity contribution in [1.29, 1.82) is 0 Å². The number of thiol groups is 1. The van der Waals surface area contributed by atoms with Crippen LogP contribution in [0.2, 0.25) is 0 Å². The van der Waals surface area contributed by atoms with E-state index in [4.69, 9.17) is 10.5 Å². The number of nitrogens with one attached hydrogen (secondary N) is 1. The molecule has 1 rings (SSSR count). The zero-order chi connectivity index (χ0) is 13.9. The Bertz CT molecular complexity index is 453. The SMILES string of the molecule is Cc1c(CN)cc(S)cc1NC(=O)OC(C)(C)C. The first-order valence-electron chi connectivity index (χ1n) is 5.75. The third kappa shape index (κ3) is 4.23. The molecule has 1 aromatic rings. The molecule has 0 heterocycles. The van der Waals surface area contributed by atoms with Crippen molar-refractivity contribution in [3.05, 3.63) is 23.3 Å². The van der Waals surface area contributed by atoms with E-state index in [2.05, 4.69) is 17.9 Å². The fourth-order valence-corrected chi connectivity index (χ4v) is 1.80. The molecule has 5 heteroatoms. The Morgan fingerprint density at radius 2 is 2.06 bits per heavy atom. The van der Waals surface area contributed by atoms with Crippen LogP contribution in [0.5, 0.6) is 0 Å². The molecule has 1 amide bonds. The second-order valence-corrected chi connectivity index (χ2v) is 5.62. The Kier molecular flexibility index (Phi) is 4.65. The Morgan fingerprint density at radius 1 is 1.44 bits per heavy atom. The molecule has 0 aliphatic rings. The molecule has 0 atom stereocenters. The number of amides is 1.